The number of aromatic nitrogens is 3. The van der Waals surface area contributed by atoms with Crippen molar-refractivity contribution in [3.05, 3.63) is 5.69 Å². The molecule has 1 atom stereocenters. The molecule has 0 aliphatic carbocycles. The molecule has 1 unspecified atom stereocenters. The van der Waals surface area contributed by atoms with Crippen molar-refractivity contribution in [3.8, 4) is 0 Å². The van der Waals surface area contributed by atoms with Crippen molar-refractivity contribution in [2.24, 2.45) is 5.73 Å². The summed E-state index contributed by atoms with van der Waals surface area (Å²) in [6.07, 6.45) is 2.03. The van der Waals surface area contributed by atoms with E-state index in [9.17, 15) is 0 Å². The molecule has 5 heteroatoms. The van der Waals surface area contributed by atoms with Gasteiger partial charge >= 0.3 is 0 Å². The van der Waals surface area contributed by atoms with Gasteiger partial charge in [0.2, 0.25) is 0 Å². The molecular formula is C9H17N5. The van der Waals surface area contributed by atoms with E-state index in [1.165, 1.54) is 0 Å². The van der Waals surface area contributed by atoms with E-state index in [1.54, 1.807) is 0 Å². The fraction of sp³-hybridized carbons (Fsp3) is 0.778. The van der Waals surface area contributed by atoms with E-state index in [4.69, 9.17) is 5.73 Å². The molecule has 1 aromatic rings. The first-order valence-corrected chi connectivity index (χ1v) is 5.14. The topological polar surface area (TPSA) is 60.0 Å². The van der Waals surface area contributed by atoms with Crippen molar-refractivity contribution < 1.29 is 0 Å². The zero-order chi connectivity index (χ0) is 10.1. The lowest BCUT2D eigenvalue weighted by molar-refractivity contribution is 0.519. The smallest absolute Gasteiger partial charge is 0.152 e. The van der Waals surface area contributed by atoms with Crippen LogP contribution < -0.4 is 10.6 Å². The van der Waals surface area contributed by atoms with Crippen LogP contribution in [0.4, 0.5) is 5.82 Å². The molecule has 0 saturated heterocycles. The monoisotopic (exact) mass is 195 g/mol. The number of fused-ring (bicyclic) bond motifs is 1. The number of hydrogen-bond acceptors (Lipinski definition) is 4. The first-order valence-electron chi connectivity index (χ1n) is 5.14. The van der Waals surface area contributed by atoms with Crippen LogP contribution in [-0.2, 0) is 6.54 Å². The number of anilines is 1. The van der Waals surface area contributed by atoms with Crippen LogP contribution in [0.5, 0.6) is 0 Å². The number of rotatable bonds is 2. The number of hydrogen-bond donors (Lipinski definition) is 1. The van der Waals surface area contributed by atoms with Crippen LogP contribution in [0, 0.1) is 0 Å². The summed E-state index contributed by atoms with van der Waals surface area (Å²) in [7, 11) is 2.07. The third-order valence-corrected chi connectivity index (χ3v) is 2.75. The molecule has 78 valence electrons. The van der Waals surface area contributed by atoms with Gasteiger partial charge in [-0.15, -0.1) is 5.10 Å². The maximum absolute atomic E-state index is 5.98. The molecule has 0 radical (unpaired) electrons. The summed E-state index contributed by atoms with van der Waals surface area (Å²) in [6.45, 7) is 4.10. The molecule has 2 rings (SSSR count). The number of nitrogens with two attached hydrogens (primary N) is 1. The van der Waals surface area contributed by atoms with E-state index >= 15 is 0 Å². The van der Waals surface area contributed by atoms with E-state index in [0.29, 0.717) is 0 Å². The Hall–Kier alpha value is -1.10. The Labute approximate surface area is 83.9 Å². The molecule has 14 heavy (non-hydrogen) atoms. The molecule has 2 heterocycles. The molecule has 2 N–H and O–H groups in total. The van der Waals surface area contributed by atoms with Crippen molar-refractivity contribution in [1.82, 2.24) is 15.0 Å². The van der Waals surface area contributed by atoms with Crippen molar-refractivity contribution >= 4 is 5.82 Å². The fourth-order valence-corrected chi connectivity index (χ4v) is 1.86. The second-order valence-corrected chi connectivity index (χ2v) is 3.81. The first kappa shape index (κ1) is 9.45. The minimum absolute atomic E-state index is 0.0132. The van der Waals surface area contributed by atoms with Crippen molar-refractivity contribution in [3.63, 3.8) is 0 Å². The Morgan fingerprint density at radius 2 is 2.29 bits per heavy atom. The Balaban J connectivity index is 2.38. The minimum Gasteiger partial charge on any atom is -0.358 e. The highest BCUT2D eigenvalue weighted by atomic mass is 15.5. The fourth-order valence-electron chi connectivity index (χ4n) is 1.86. The van der Waals surface area contributed by atoms with Gasteiger partial charge in [-0.05, 0) is 12.8 Å². The van der Waals surface area contributed by atoms with Gasteiger partial charge in [0.25, 0.3) is 0 Å². The molecule has 0 bridgehead atoms. The van der Waals surface area contributed by atoms with E-state index in [0.717, 1.165) is 37.4 Å². The van der Waals surface area contributed by atoms with Crippen LogP contribution in [-0.4, -0.2) is 28.6 Å². The predicted octanol–water partition coefficient (Wildman–Crippen LogP) is 0.528. The number of aryl methyl sites for hydroxylation is 1. The molecule has 0 aromatic carbocycles. The molecule has 0 saturated carbocycles. The molecule has 0 spiro atoms. The molecule has 5 nitrogen and oxygen atoms in total. The molecular weight excluding hydrogens is 178 g/mol. The standard InChI is InChI=1S/C9H17N5/c1-3-7(10)8-9-13(2)5-4-6-14(9)12-11-8/h7H,3-6,10H2,1-2H3. The summed E-state index contributed by atoms with van der Waals surface area (Å²) in [5.41, 5.74) is 6.92. The van der Waals surface area contributed by atoms with Gasteiger partial charge in [-0.2, -0.15) is 0 Å². The van der Waals surface area contributed by atoms with Crippen molar-refractivity contribution in [1.29, 1.82) is 0 Å². The number of nitrogens with zero attached hydrogens (tertiary/aromatic N) is 4. The Bertz CT molecular complexity index is 319. The maximum atomic E-state index is 5.98. The summed E-state index contributed by atoms with van der Waals surface area (Å²) in [5.74, 6) is 1.10. The summed E-state index contributed by atoms with van der Waals surface area (Å²) < 4.78 is 1.95. The first-order chi connectivity index (χ1) is 6.74. The Kier molecular flexibility index (Phi) is 2.41. The van der Waals surface area contributed by atoms with Gasteiger partial charge in [0, 0.05) is 20.1 Å². The summed E-state index contributed by atoms with van der Waals surface area (Å²) in [4.78, 5) is 2.19. The minimum atomic E-state index is 0.0132. The Morgan fingerprint density at radius 1 is 1.50 bits per heavy atom. The highest BCUT2D eigenvalue weighted by Crippen LogP contribution is 2.26. The van der Waals surface area contributed by atoms with Crippen LogP contribution in [0.1, 0.15) is 31.5 Å². The normalized spacial score (nSPS) is 18.1. The lowest BCUT2D eigenvalue weighted by Gasteiger charge is -2.26. The summed E-state index contributed by atoms with van der Waals surface area (Å²) in [5, 5.41) is 8.29. The lowest BCUT2D eigenvalue weighted by atomic mass is 10.1. The summed E-state index contributed by atoms with van der Waals surface area (Å²) in [6, 6.07) is 0.0132. The average molecular weight is 195 g/mol. The van der Waals surface area contributed by atoms with E-state index in [1.807, 2.05) is 4.68 Å². The highest BCUT2D eigenvalue weighted by Gasteiger charge is 2.23. The Morgan fingerprint density at radius 3 is 3.00 bits per heavy atom. The predicted molar refractivity (Wildman–Crippen MR) is 55.1 cm³/mol. The molecule has 0 fully saturated rings. The van der Waals surface area contributed by atoms with Gasteiger partial charge in [-0.25, -0.2) is 4.68 Å². The van der Waals surface area contributed by atoms with E-state index < -0.39 is 0 Å². The van der Waals surface area contributed by atoms with E-state index in [-0.39, 0.29) is 6.04 Å². The van der Waals surface area contributed by atoms with Crippen LogP contribution >= 0.6 is 0 Å². The van der Waals surface area contributed by atoms with Gasteiger partial charge in [-0.1, -0.05) is 12.1 Å². The average Bonchev–Trinajstić information content (AvgIpc) is 2.62. The third-order valence-electron chi connectivity index (χ3n) is 2.75. The highest BCUT2D eigenvalue weighted by molar-refractivity contribution is 5.45. The van der Waals surface area contributed by atoms with Crippen molar-refractivity contribution in [2.75, 3.05) is 18.5 Å². The quantitative estimate of drug-likeness (QED) is 0.747. The van der Waals surface area contributed by atoms with Crippen LogP contribution in [0.15, 0.2) is 0 Å². The zero-order valence-electron chi connectivity index (χ0n) is 8.77. The van der Waals surface area contributed by atoms with Crippen molar-refractivity contribution in [2.45, 2.75) is 32.4 Å². The molecule has 1 aliphatic rings. The molecule has 1 aliphatic heterocycles. The second-order valence-electron chi connectivity index (χ2n) is 3.81. The van der Waals surface area contributed by atoms with Crippen LogP contribution in [0.2, 0.25) is 0 Å². The van der Waals surface area contributed by atoms with Gasteiger partial charge in [-0.3, -0.25) is 0 Å². The van der Waals surface area contributed by atoms with Crippen LogP contribution in [0.25, 0.3) is 0 Å². The lowest BCUT2D eigenvalue weighted by Crippen LogP contribution is -2.30. The van der Waals surface area contributed by atoms with Crippen LogP contribution in [0.3, 0.4) is 0 Å². The van der Waals surface area contributed by atoms with Gasteiger partial charge in [0.05, 0.1) is 6.04 Å². The second kappa shape index (κ2) is 3.57. The molecule has 0 amide bonds. The van der Waals surface area contributed by atoms with Gasteiger partial charge < -0.3 is 10.6 Å². The zero-order valence-corrected chi connectivity index (χ0v) is 8.77. The SMILES string of the molecule is CCC(N)c1nnn2c1N(C)CCC2. The third kappa shape index (κ3) is 1.37. The summed E-state index contributed by atoms with van der Waals surface area (Å²) >= 11 is 0. The maximum Gasteiger partial charge on any atom is 0.152 e. The van der Waals surface area contributed by atoms with Gasteiger partial charge in [0.1, 0.15) is 5.69 Å². The van der Waals surface area contributed by atoms with Gasteiger partial charge in [0.15, 0.2) is 5.82 Å². The van der Waals surface area contributed by atoms with E-state index in [2.05, 4.69) is 29.2 Å². The molecule has 1 aromatic heterocycles. The largest absolute Gasteiger partial charge is 0.358 e.